The standard InChI is InChI=1S/C11H22O2/c12-8-3-1-2-5-11(9-13)10-6-4-7-10/h10-13H,1-9H2. The van der Waals surface area contributed by atoms with E-state index in [9.17, 15) is 0 Å². The zero-order valence-electron chi connectivity index (χ0n) is 8.41. The molecule has 2 nitrogen and oxygen atoms in total. The van der Waals surface area contributed by atoms with Crippen LogP contribution in [0.25, 0.3) is 0 Å². The van der Waals surface area contributed by atoms with E-state index < -0.39 is 0 Å². The molecule has 1 unspecified atom stereocenters. The molecule has 0 aromatic rings. The molecule has 0 saturated heterocycles. The summed E-state index contributed by atoms with van der Waals surface area (Å²) in [4.78, 5) is 0. The molecule has 1 saturated carbocycles. The third-order valence-electron chi connectivity index (χ3n) is 3.28. The van der Waals surface area contributed by atoms with Crippen molar-refractivity contribution in [3.63, 3.8) is 0 Å². The van der Waals surface area contributed by atoms with Crippen molar-refractivity contribution in [2.45, 2.75) is 44.9 Å². The summed E-state index contributed by atoms with van der Waals surface area (Å²) in [6.45, 7) is 0.678. The maximum atomic E-state index is 9.17. The summed E-state index contributed by atoms with van der Waals surface area (Å²) in [5, 5.41) is 17.8. The minimum Gasteiger partial charge on any atom is -0.396 e. The summed E-state index contributed by atoms with van der Waals surface area (Å²) in [7, 11) is 0. The lowest BCUT2D eigenvalue weighted by atomic mass is 9.74. The second kappa shape index (κ2) is 6.39. The Morgan fingerprint density at radius 2 is 1.85 bits per heavy atom. The molecule has 1 aliphatic carbocycles. The molecule has 0 spiro atoms. The molecule has 0 amide bonds. The van der Waals surface area contributed by atoms with Gasteiger partial charge in [0.2, 0.25) is 0 Å². The van der Waals surface area contributed by atoms with Crippen LogP contribution in [0.5, 0.6) is 0 Å². The van der Waals surface area contributed by atoms with Crippen LogP contribution in [-0.2, 0) is 0 Å². The Morgan fingerprint density at radius 1 is 1.08 bits per heavy atom. The molecular formula is C11H22O2. The first-order valence-corrected chi connectivity index (χ1v) is 5.60. The molecule has 1 rings (SSSR count). The van der Waals surface area contributed by atoms with Crippen LogP contribution in [0.4, 0.5) is 0 Å². The average Bonchev–Trinajstić information content (AvgIpc) is 2.07. The summed E-state index contributed by atoms with van der Waals surface area (Å²) in [5.41, 5.74) is 0. The highest BCUT2D eigenvalue weighted by molar-refractivity contribution is 4.77. The van der Waals surface area contributed by atoms with Gasteiger partial charge in [-0.05, 0) is 24.7 Å². The molecular weight excluding hydrogens is 164 g/mol. The lowest BCUT2D eigenvalue weighted by Crippen LogP contribution is -2.24. The van der Waals surface area contributed by atoms with E-state index in [1.54, 1.807) is 0 Å². The van der Waals surface area contributed by atoms with Gasteiger partial charge in [-0.25, -0.2) is 0 Å². The Hall–Kier alpha value is -0.0800. The van der Waals surface area contributed by atoms with Gasteiger partial charge in [0.1, 0.15) is 0 Å². The number of aliphatic hydroxyl groups is 2. The van der Waals surface area contributed by atoms with E-state index in [0.717, 1.165) is 25.2 Å². The Bertz CT molecular complexity index is 121. The minimum atomic E-state index is 0.313. The van der Waals surface area contributed by atoms with E-state index in [1.807, 2.05) is 0 Å². The number of unbranched alkanes of at least 4 members (excludes halogenated alkanes) is 2. The first-order chi connectivity index (χ1) is 6.38. The maximum absolute atomic E-state index is 9.17. The molecule has 0 aromatic heterocycles. The van der Waals surface area contributed by atoms with E-state index >= 15 is 0 Å². The van der Waals surface area contributed by atoms with Gasteiger partial charge in [-0.3, -0.25) is 0 Å². The molecule has 2 N–H and O–H groups in total. The first-order valence-electron chi connectivity index (χ1n) is 5.60. The first kappa shape index (κ1) is 11.0. The highest BCUT2D eigenvalue weighted by atomic mass is 16.3. The number of hydrogen-bond donors (Lipinski definition) is 2. The molecule has 1 aliphatic rings. The molecule has 0 radical (unpaired) electrons. The van der Waals surface area contributed by atoms with Gasteiger partial charge in [0.15, 0.2) is 0 Å². The van der Waals surface area contributed by atoms with Crippen molar-refractivity contribution in [3.05, 3.63) is 0 Å². The zero-order valence-corrected chi connectivity index (χ0v) is 8.41. The van der Waals surface area contributed by atoms with Gasteiger partial charge < -0.3 is 10.2 Å². The quantitative estimate of drug-likeness (QED) is 0.597. The van der Waals surface area contributed by atoms with Crippen LogP contribution in [0.1, 0.15) is 44.9 Å². The van der Waals surface area contributed by atoms with Gasteiger partial charge in [-0.2, -0.15) is 0 Å². The van der Waals surface area contributed by atoms with Crippen molar-refractivity contribution in [2.75, 3.05) is 13.2 Å². The Labute approximate surface area is 81.0 Å². The predicted molar refractivity (Wildman–Crippen MR) is 53.5 cm³/mol. The fourth-order valence-corrected chi connectivity index (χ4v) is 2.08. The van der Waals surface area contributed by atoms with Crippen LogP contribution < -0.4 is 0 Å². The zero-order chi connectivity index (χ0) is 9.52. The molecule has 2 heteroatoms. The van der Waals surface area contributed by atoms with E-state index in [0.29, 0.717) is 19.1 Å². The van der Waals surface area contributed by atoms with Crippen molar-refractivity contribution in [2.24, 2.45) is 11.8 Å². The number of rotatable bonds is 7. The topological polar surface area (TPSA) is 40.5 Å². The summed E-state index contributed by atoms with van der Waals surface area (Å²) in [6, 6.07) is 0. The lowest BCUT2D eigenvalue weighted by Gasteiger charge is -2.32. The SMILES string of the molecule is OCCCCCC(CO)C1CCC1. The number of hydrogen-bond acceptors (Lipinski definition) is 2. The Balaban J connectivity index is 2.02. The Kier molecular flexibility index (Phi) is 5.40. The van der Waals surface area contributed by atoms with E-state index in [4.69, 9.17) is 10.2 Å². The van der Waals surface area contributed by atoms with Gasteiger partial charge in [0, 0.05) is 13.2 Å². The van der Waals surface area contributed by atoms with Gasteiger partial charge in [0.25, 0.3) is 0 Å². The minimum absolute atomic E-state index is 0.313. The molecule has 1 fully saturated rings. The van der Waals surface area contributed by atoms with Crippen LogP contribution in [0.15, 0.2) is 0 Å². The molecule has 1 atom stereocenters. The summed E-state index contributed by atoms with van der Waals surface area (Å²) in [6.07, 6.45) is 8.36. The van der Waals surface area contributed by atoms with Gasteiger partial charge in [-0.1, -0.05) is 32.1 Å². The van der Waals surface area contributed by atoms with Gasteiger partial charge in [-0.15, -0.1) is 0 Å². The highest BCUT2D eigenvalue weighted by Gasteiger charge is 2.25. The lowest BCUT2D eigenvalue weighted by molar-refractivity contribution is 0.114. The summed E-state index contributed by atoms with van der Waals surface area (Å²) < 4.78 is 0. The van der Waals surface area contributed by atoms with Crippen LogP contribution in [0.3, 0.4) is 0 Å². The van der Waals surface area contributed by atoms with Crippen molar-refractivity contribution >= 4 is 0 Å². The largest absolute Gasteiger partial charge is 0.396 e. The van der Waals surface area contributed by atoms with Crippen LogP contribution in [-0.4, -0.2) is 23.4 Å². The number of aliphatic hydroxyl groups excluding tert-OH is 2. The molecule has 13 heavy (non-hydrogen) atoms. The van der Waals surface area contributed by atoms with Crippen LogP contribution in [0, 0.1) is 11.8 Å². The van der Waals surface area contributed by atoms with Crippen LogP contribution in [0.2, 0.25) is 0 Å². The fourth-order valence-electron chi connectivity index (χ4n) is 2.08. The van der Waals surface area contributed by atoms with Crippen molar-refractivity contribution in [3.8, 4) is 0 Å². The second-order valence-electron chi connectivity index (χ2n) is 4.21. The molecule has 0 bridgehead atoms. The van der Waals surface area contributed by atoms with E-state index in [-0.39, 0.29) is 0 Å². The Morgan fingerprint density at radius 3 is 2.31 bits per heavy atom. The molecule has 0 aromatic carbocycles. The monoisotopic (exact) mass is 186 g/mol. The van der Waals surface area contributed by atoms with Crippen LogP contribution >= 0.6 is 0 Å². The smallest absolute Gasteiger partial charge is 0.0461 e. The summed E-state index contributed by atoms with van der Waals surface area (Å²) >= 11 is 0. The second-order valence-corrected chi connectivity index (χ2v) is 4.21. The van der Waals surface area contributed by atoms with Gasteiger partial charge in [0.05, 0.1) is 0 Å². The molecule has 78 valence electrons. The molecule has 0 aliphatic heterocycles. The third-order valence-corrected chi connectivity index (χ3v) is 3.28. The van der Waals surface area contributed by atoms with Gasteiger partial charge >= 0.3 is 0 Å². The fraction of sp³-hybridized carbons (Fsp3) is 1.00. The van der Waals surface area contributed by atoms with Crippen molar-refractivity contribution in [1.29, 1.82) is 0 Å². The maximum Gasteiger partial charge on any atom is 0.0461 e. The highest BCUT2D eigenvalue weighted by Crippen LogP contribution is 2.35. The predicted octanol–water partition coefficient (Wildman–Crippen LogP) is 1.95. The van der Waals surface area contributed by atoms with E-state index in [1.165, 1.54) is 25.7 Å². The van der Waals surface area contributed by atoms with E-state index in [2.05, 4.69) is 0 Å². The molecule has 0 heterocycles. The normalized spacial score (nSPS) is 19.8. The third kappa shape index (κ3) is 3.65. The summed E-state index contributed by atoms with van der Waals surface area (Å²) in [5.74, 6) is 1.35. The van der Waals surface area contributed by atoms with Crippen molar-refractivity contribution in [1.82, 2.24) is 0 Å². The average molecular weight is 186 g/mol. The van der Waals surface area contributed by atoms with Crippen molar-refractivity contribution < 1.29 is 10.2 Å².